The summed E-state index contributed by atoms with van der Waals surface area (Å²) in [5.41, 5.74) is 5.22. The molecule has 4 heteroatoms. The van der Waals surface area contributed by atoms with Gasteiger partial charge in [0.25, 0.3) is 0 Å². The first kappa shape index (κ1) is 14.5. The van der Waals surface area contributed by atoms with Crippen LogP contribution in [-0.4, -0.2) is 43.5 Å². The van der Waals surface area contributed by atoms with Crippen LogP contribution in [0.4, 0.5) is 0 Å². The lowest BCUT2D eigenvalue weighted by Gasteiger charge is -2.31. The van der Waals surface area contributed by atoms with Gasteiger partial charge in [0.05, 0.1) is 0 Å². The number of rotatable bonds is 8. The van der Waals surface area contributed by atoms with Gasteiger partial charge in [-0.15, -0.1) is 0 Å². The van der Waals surface area contributed by atoms with Crippen LogP contribution >= 0.6 is 0 Å². The molecule has 17 heavy (non-hydrogen) atoms. The molecule has 0 saturated carbocycles. The summed E-state index contributed by atoms with van der Waals surface area (Å²) in [7, 11) is 0. The van der Waals surface area contributed by atoms with Gasteiger partial charge < -0.3 is 16.0 Å². The summed E-state index contributed by atoms with van der Waals surface area (Å²) < 4.78 is 0. The Kier molecular flexibility index (Phi) is 7.21. The number of carbonyl (C=O) groups is 1. The second-order valence-corrected chi connectivity index (χ2v) is 5.06. The van der Waals surface area contributed by atoms with Crippen molar-refractivity contribution in [2.45, 2.75) is 39.0 Å². The summed E-state index contributed by atoms with van der Waals surface area (Å²) >= 11 is 0. The van der Waals surface area contributed by atoms with Gasteiger partial charge in [-0.1, -0.05) is 6.92 Å². The minimum absolute atomic E-state index is 0.146. The van der Waals surface area contributed by atoms with Gasteiger partial charge in [-0.2, -0.15) is 0 Å². The summed E-state index contributed by atoms with van der Waals surface area (Å²) in [6, 6.07) is 0. The molecule has 3 N–H and O–H groups in total. The molecule has 1 aliphatic heterocycles. The van der Waals surface area contributed by atoms with Crippen molar-refractivity contribution in [3.63, 3.8) is 0 Å². The minimum atomic E-state index is -0.146. The Hall–Kier alpha value is -0.610. The van der Waals surface area contributed by atoms with Crippen molar-refractivity contribution >= 4 is 5.91 Å². The molecule has 1 rings (SSSR count). The molecular formula is C13H27N3O. The number of hydrogen-bond donors (Lipinski definition) is 2. The van der Waals surface area contributed by atoms with Crippen molar-refractivity contribution in [3.05, 3.63) is 0 Å². The molecule has 0 aliphatic carbocycles. The Morgan fingerprint density at radius 3 is 2.65 bits per heavy atom. The van der Waals surface area contributed by atoms with Crippen LogP contribution in [0.2, 0.25) is 0 Å². The number of hydrogen-bond acceptors (Lipinski definition) is 3. The summed E-state index contributed by atoms with van der Waals surface area (Å²) in [5, 5.41) is 3.42. The minimum Gasteiger partial charge on any atom is -0.370 e. The highest BCUT2D eigenvalue weighted by Gasteiger charge is 2.19. The van der Waals surface area contributed by atoms with Gasteiger partial charge in [0, 0.05) is 6.42 Å². The van der Waals surface area contributed by atoms with Crippen molar-refractivity contribution in [2.24, 2.45) is 11.7 Å². The highest BCUT2D eigenvalue weighted by molar-refractivity contribution is 5.73. The third-order valence-corrected chi connectivity index (χ3v) is 3.45. The Bertz CT molecular complexity index is 213. The van der Waals surface area contributed by atoms with Gasteiger partial charge >= 0.3 is 0 Å². The van der Waals surface area contributed by atoms with E-state index in [1.165, 1.54) is 19.4 Å². The average molecular weight is 241 g/mol. The standard InChI is InChI=1S/C13H27N3O/c1-2-6-15-7-3-8-16-9-4-12(5-10-16)11-13(14)17/h12,15H,2-11H2,1H3,(H2,14,17). The third kappa shape index (κ3) is 6.64. The van der Waals surface area contributed by atoms with Crippen LogP contribution in [0.5, 0.6) is 0 Å². The van der Waals surface area contributed by atoms with E-state index in [2.05, 4.69) is 17.1 Å². The Morgan fingerprint density at radius 2 is 2.06 bits per heavy atom. The number of piperidine rings is 1. The molecule has 0 unspecified atom stereocenters. The first-order valence-electron chi connectivity index (χ1n) is 6.93. The molecule has 1 amide bonds. The predicted octanol–water partition coefficient (Wildman–Crippen LogP) is 0.964. The first-order chi connectivity index (χ1) is 8.22. The molecule has 0 atom stereocenters. The molecule has 0 aromatic carbocycles. The maximum Gasteiger partial charge on any atom is 0.217 e. The largest absolute Gasteiger partial charge is 0.370 e. The molecule has 1 heterocycles. The Labute approximate surface area is 105 Å². The molecule has 1 fully saturated rings. The van der Waals surface area contributed by atoms with E-state index in [1.807, 2.05) is 0 Å². The van der Waals surface area contributed by atoms with Crippen LogP contribution < -0.4 is 11.1 Å². The van der Waals surface area contributed by atoms with Crippen LogP contribution in [0.1, 0.15) is 39.0 Å². The molecule has 100 valence electrons. The molecule has 0 radical (unpaired) electrons. The highest BCUT2D eigenvalue weighted by atomic mass is 16.1. The van der Waals surface area contributed by atoms with E-state index >= 15 is 0 Å². The molecule has 1 aliphatic rings. The van der Waals surface area contributed by atoms with Crippen molar-refractivity contribution in [2.75, 3.05) is 32.7 Å². The van der Waals surface area contributed by atoms with E-state index in [-0.39, 0.29) is 5.91 Å². The molecule has 1 saturated heterocycles. The van der Waals surface area contributed by atoms with Gasteiger partial charge in [-0.3, -0.25) is 4.79 Å². The Balaban J connectivity index is 2.01. The zero-order valence-corrected chi connectivity index (χ0v) is 11.1. The van der Waals surface area contributed by atoms with E-state index in [4.69, 9.17) is 5.73 Å². The molecular weight excluding hydrogens is 214 g/mol. The van der Waals surface area contributed by atoms with Crippen LogP contribution in [-0.2, 0) is 4.79 Å². The summed E-state index contributed by atoms with van der Waals surface area (Å²) in [5.74, 6) is 0.384. The summed E-state index contributed by atoms with van der Waals surface area (Å²) in [6.07, 6.45) is 5.27. The van der Waals surface area contributed by atoms with Crippen molar-refractivity contribution in [1.82, 2.24) is 10.2 Å². The smallest absolute Gasteiger partial charge is 0.217 e. The number of likely N-dealkylation sites (tertiary alicyclic amines) is 1. The van der Waals surface area contributed by atoms with Crippen molar-refractivity contribution in [3.8, 4) is 0 Å². The molecule has 0 aromatic rings. The number of carbonyl (C=O) groups excluding carboxylic acids is 1. The van der Waals surface area contributed by atoms with Crippen molar-refractivity contribution < 1.29 is 4.79 Å². The lowest BCUT2D eigenvalue weighted by atomic mass is 9.93. The van der Waals surface area contributed by atoms with Crippen LogP contribution in [0.25, 0.3) is 0 Å². The monoisotopic (exact) mass is 241 g/mol. The van der Waals surface area contributed by atoms with Gasteiger partial charge in [0.2, 0.25) is 5.91 Å². The second-order valence-electron chi connectivity index (χ2n) is 5.06. The quantitative estimate of drug-likeness (QED) is 0.622. The van der Waals surface area contributed by atoms with E-state index in [1.54, 1.807) is 0 Å². The fraction of sp³-hybridized carbons (Fsp3) is 0.923. The Morgan fingerprint density at radius 1 is 1.35 bits per heavy atom. The third-order valence-electron chi connectivity index (χ3n) is 3.45. The molecule has 0 aromatic heterocycles. The van der Waals surface area contributed by atoms with E-state index in [9.17, 15) is 4.79 Å². The first-order valence-corrected chi connectivity index (χ1v) is 6.93. The number of amides is 1. The second kappa shape index (κ2) is 8.48. The zero-order valence-electron chi connectivity index (χ0n) is 11.1. The number of nitrogens with two attached hydrogens (primary N) is 1. The fourth-order valence-electron chi connectivity index (χ4n) is 2.43. The summed E-state index contributed by atoms with van der Waals surface area (Å²) in [6.45, 7) is 7.88. The number of primary amides is 1. The number of nitrogens with zero attached hydrogens (tertiary/aromatic N) is 1. The average Bonchev–Trinajstić information content (AvgIpc) is 2.30. The fourth-order valence-corrected chi connectivity index (χ4v) is 2.43. The van der Waals surface area contributed by atoms with Crippen LogP contribution in [0.15, 0.2) is 0 Å². The normalized spacial score (nSPS) is 18.4. The topological polar surface area (TPSA) is 58.4 Å². The zero-order chi connectivity index (χ0) is 12.5. The summed E-state index contributed by atoms with van der Waals surface area (Å²) in [4.78, 5) is 13.3. The van der Waals surface area contributed by atoms with Gasteiger partial charge in [-0.05, 0) is 64.3 Å². The van der Waals surface area contributed by atoms with Crippen LogP contribution in [0.3, 0.4) is 0 Å². The molecule has 0 spiro atoms. The van der Waals surface area contributed by atoms with E-state index < -0.39 is 0 Å². The maximum absolute atomic E-state index is 10.8. The van der Waals surface area contributed by atoms with Gasteiger partial charge in [-0.25, -0.2) is 0 Å². The van der Waals surface area contributed by atoms with E-state index in [0.29, 0.717) is 12.3 Å². The SMILES string of the molecule is CCCNCCCN1CCC(CC(N)=O)CC1. The van der Waals surface area contributed by atoms with E-state index in [0.717, 1.165) is 39.0 Å². The molecule has 4 nitrogen and oxygen atoms in total. The van der Waals surface area contributed by atoms with Crippen LogP contribution in [0, 0.1) is 5.92 Å². The van der Waals surface area contributed by atoms with Gasteiger partial charge in [0.1, 0.15) is 0 Å². The number of nitrogens with one attached hydrogen (secondary N) is 1. The lowest BCUT2D eigenvalue weighted by Crippen LogP contribution is -2.36. The lowest BCUT2D eigenvalue weighted by molar-refractivity contribution is -0.119. The highest BCUT2D eigenvalue weighted by Crippen LogP contribution is 2.19. The van der Waals surface area contributed by atoms with Crippen molar-refractivity contribution in [1.29, 1.82) is 0 Å². The molecule has 0 bridgehead atoms. The maximum atomic E-state index is 10.8. The predicted molar refractivity (Wildman–Crippen MR) is 70.8 cm³/mol. The van der Waals surface area contributed by atoms with Gasteiger partial charge in [0.15, 0.2) is 0 Å².